The lowest BCUT2D eigenvalue weighted by atomic mass is 10.1. The first-order valence-corrected chi connectivity index (χ1v) is 8.64. The number of hydrogen-bond donors (Lipinski definition) is 1. The molecular weight excluding hydrogens is 346 g/mol. The zero-order valence-corrected chi connectivity index (χ0v) is 14.8. The number of aliphatic hydroxyl groups excluding tert-OH is 1. The van der Waals surface area contributed by atoms with Gasteiger partial charge >= 0.3 is 0 Å². The van der Waals surface area contributed by atoms with Gasteiger partial charge in [-0.2, -0.15) is 5.10 Å². The van der Waals surface area contributed by atoms with Gasteiger partial charge in [-0.3, -0.25) is 4.57 Å². The number of para-hydroxylation sites is 1. The van der Waals surface area contributed by atoms with Gasteiger partial charge in [0.1, 0.15) is 19.1 Å². The maximum atomic E-state index is 9.51. The lowest BCUT2D eigenvalue weighted by Gasteiger charge is -2.10. The smallest absolute Gasteiger partial charge is 0.204 e. The second-order valence-electron chi connectivity index (χ2n) is 5.78. The molecule has 0 bridgehead atoms. The van der Waals surface area contributed by atoms with Crippen LogP contribution in [0.2, 0.25) is 0 Å². The molecule has 0 spiro atoms. The SMILES string of the molecule is OCn1nc(COc2cccc3ccccc23)n(-c2ccccc2)c1=S. The van der Waals surface area contributed by atoms with E-state index in [1.54, 1.807) is 0 Å². The average Bonchev–Trinajstić information content (AvgIpc) is 3.02. The fourth-order valence-corrected chi connectivity index (χ4v) is 3.25. The van der Waals surface area contributed by atoms with Crippen LogP contribution in [0.1, 0.15) is 5.82 Å². The molecular formula is C20H17N3O2S. The van der Waals surface area contributed by atoms with Gasteiger partial charge in [0.05, 0.1) is 0 Å². The van der Waals surface area contributed by atoms with Crippen LogP contribution in [0.5, 0.6) is 5.75 Å². The maximum Gasteiger partial charge on any atom is 0.204 e. The molecule has 4 rings (SSSR count). The lowest BCUT2D eigenvalue weighted by molar-refractivity contribution is 0.191. The molecule has 0 saturated carbocycles. The highest BCUT2D eigenvalue weighted by atomic mass is 32.1. The highest BCUT2D eigenvalue weighted by Crippen LogP contribution is 2.26. The van der Waals surface area contributed by atoms with E-state index in [0.29, 0.717) is 10.6 Å². The fourth-order valence-electron chi connectivity index (χ4n) is 2.94. The van der Waals surface area contributed by atoms with E-state index in [4.69, 9.17) is 17.0 Å². The van der Waals surface area contributed by atoms with Gasteiger partial charge in [-0.05, 0) is 35.8 Å². The predicted octanol–water partition coefficient (Wildman–Crippen LogP) is 4.09. The topological polar surface area (TPSA) is 52.2 Å². The van der Waals surface area contributed by atoms with Crippen molar-refractivity contribution in [2.24, 2.45) is 0 Å². The van der Waals surface area contributed by atoms with Crippen LogP contribution in [0.3, 0.4) is 0 Å². The fraction of sp³-hybridized carbons (Fsp3) is 0.100. The summed E-state index contributed by atoms with van der Waals surface area (Å²) >= 11 is 5.45. The summed E-state index contributed by atoms with van der Waals surface area (Å²) in [6.45, 7) is -0.0422. The Labute approximate surface area is 155 Å². The summed E-state index contributed by atoms with van der Waals surface area (Å²) in [5.74, 6) is 1.41. The summed E-state index contributed by atoms with van der Waals surface area (Å²) in [5, 5.41) is 16.1. The molecule has 1 heterocycles. The summed E-state index contributed by atoms with van der Waals surface area (Å²) in [4.78, 5) is 0. The van der Waals surface area contributed by atoms with Gasteiger partial charge in [0.15, 0.2) is 5.82 Å². The van der Waals surface area contributed by atoms with E-state index < -0.39 is 0 Å². The van der Waals surface area contributed by atoms with Gasteiger partial charge in [0.2, 0.25) is 4.77 Å². The molecule has 5 nitrogen and oxygen atoms in total. The number of fused-ring (bicyclic) bond motifs is 1. The third-order valence-corrected chi connectivity index (χ3v) is 4.55. The zero-order valence-electron chi connectivity index (χ0n) is 13.9. The number of rotatable bonds is 5. The number of hydrogen-bond acceptors (Lipinski definition) is 4. The Morgan fingerprint density at radius 3 is 2.46 bits per heavy atom. The normalized spacial score (nSPS) is 11.0. The van der Waals surface area contributed by atoms with Crippen molar-refractivity contribution in [3.8, 4) is 11.4 Å². The molecule has 130 valence electrons. The highest BCUT2D eigenvalue weighted by molar-refractivity contribution is 7.71. The molecule has 0 unspecified atom stereocenters. The van der Waals surface area contributed by atoms with Crippen LogP contribution in [0, 0.1) is 4.77 Å². The molecule has 4 aromatic rings. The van der Waals surface area contributed by atoms with E-state index in [-0.39, 0.29) is 13.3 Å². The van der Waals surface area contributed by atoms with Crippen LogP contribution in [0.15, 0.2) is 72.8 Å². The number of nitrogens with zero attached hydrogens (tertiary/aromatic N) is 3. The largest absolute Gasteiger partial charge is 0.485 e. The quantitative estimate of drug-likeness (QED) is 0.543. The highest BCUT2D eigenvalue weighted by Gasteiger charge is 2.13. The maximum absolute atomic E-state index is 9.51. The molecule has 0 saturated heterocycles. The van der Waals surface area contributed by atoms with E-state index in [9.17, 15) is 5.11 Å². The van der Waals surface area contributed by atoms with Crippen molar-refractivity contribution in [1.82, 2.24) is 14.3 Å². The van der Waals surface area contributed by atoms with Gasteiger partial charge in [-0.25, -0.2) is 4.68 Å². The van der Waals surface area contributed by atoms with Gasteiger partial charge in [-0.1, -0.05) is 54.6 Å². The Bertz CT molecular complexity index is 1100. The van der Waals surface area contributed by atoms with Crippen molar-refractivity contribution in [2.45, 2.75) is 13.3 Å². The number of ether oxygens (including phenoxy) is 1. The Hall–Kier alpha value is -2.96. The van der Waals surface area contributed by atoms with Crippen LogP contribution < -0.4 is 4.74 Å². The summed E-state index contributed by atoms with van der Waals surface area (Å²) in [6.07, 6.45) is 0. The third kappa shape index (κ3) is 3.00. The first-order valence-electron chi connectivity index (χ1n) is 8.23. The van der Waals surface area contributed by atoms with Gasteiger partial charge in [0, 0.05) is 11.1 Å². The van der Waals surface area contributed by atoms with Crippen molar-refractivity contribution < 1.29 is 9.84 Å². The molecule has 0 aliphatic heterocycles. The third-order valence-electron chi connectivity index (χ3n) is 4.16. The van der Waals surface area contributed by atoms with Crippen molar-refractivity contribution in [3.05, 3.63) is 83.4 Å². The summed E-state index contributed by atoms with van der Waals surface area (Å²) in [5.41, 5.74) is 0.883. The molecule has 6 heteroatoms. The Balaban J connectivity index is 1.71. The first-order chi connectivity index (χ1) is 12.8. The number of benzene rings is 3. The monoisotopic (exact) mass is 363 g/mol. The summed E-state index contributed by atoms with van der Waals surface area (Å²) in [6, 6.07) is 23.7. The van der Waals surface area contributed by atoms with E-state index in [1.807, 2.05) is 77.4 Å². The van der Waals surface area contributed by atoms with Crippen LogP contribution in [0.4, 0.5) is 0 Å². The Morgan fingerprint density at radius 1 is 0.923 bits per heavy atom. The molecule has 0 aliphatic rings. The van der Waals surface area contributed by atoms with E-state index in [0.717, 1.165) is 22.2 Å². The minimum Gasteiger partial charge on any atom is -0.485 e. The van der Waals surface area contributed by atoms with Crippen molar-refractivity contribution in [3.63, 3.8) is 0 Å². The molecule has 0 atom stereocenters. The molecule has 0 radical (unpaired) electrons. The first kappa shape index (κ1) is 16.5. The second kappa shape index (κ2) is 7.11. The average molecular weight is 363 g/mol. The number of aliphatic hydroxyl groups is 1. The molecule has 0 fully saturated rings. The molecule has 3 aromatic carbocycles. The van der Waals surface area contributed by atoms with E-state index >= 15 is 0 Å². The van der Waals surface area contributed by atoms with Crippen LogP contribution in [-0.4, -0.2) is 19.5 Å². The molecule has 0 aliphatic carbocycles. The predicted molar refractivity (Wildman–Crippen MR) is 103 cm³/mol. The summed E-state index contributed by atoms with van der Waals surface area (Å²) < 4.78 is 9.68. The Morgan fingerprint density at radius 2 is 1.65 bits per heavy atom. The minimum atomic E-state index is -0.278. The van der Waals surface area contributed by atoms with E-state index in [2.05, 4.69) is 5.10 Å². The molecule has 1 aromatic heterocycles. The summed E-state index contributed by atoms with van der Waals surface area (Å²) in [7, 11) is 0. The van der Waals surface area contributed by atoms with Gasteiger partial charge < -0.3 is 9.84 Å². The number of aromatic nitrogens is 3. The van der Waals surface area contributed by atoms with Crippen molar-refractivity contribution in [2.75, 3.05) is 0 Å². The molecule has 0 amide bonds. The van der Waals surface area contributed by atoms with Crippen LogP contribution in [-0.2, 0) is 13.3 Å². The van der Waals surface area contributed by atoms with Crippen molar-refractivity contribution >= 4 is 23.0 Å². The Kier molecular flexibility index (Phi) is 4.51. The van der Waals surface area contributed by atoms with Gasteiger partial charge in [0.25, 0.3) is 0 Å². The van der Waals surface area contributed by atoms with E-state index in [1.165, 1.54) is 4.68 Å². The molecule has 26 heavy (non-hydrogen) atoms. The van der Waals surface area contributed by atoms with Crippen molar-refractivity contribution in [1.29, 1.82) is 0 Å². The standard InChI is InChI=1S/C20H17N3O2S/c24-14-22-20(26)23(16-9-2-1-3-10-16)19(21-22)13-25-18-12-6-8-15-7-4-5-11-17(15)18/h1-12,24H,13-14H2. The molecule has 1 N–H and O–H groups in total. The second-order valence-corrected chi connectivity index (χ2v) is 6.14. The lowest BCUT2D eigenvalue weighted by Crippen LogP contribution is -2.06. The minimum absolute atomic E-state index is 0.236. The van der Waals surface area contributed by atoms with Crippen LogP contribution >= 0.6 is 12.2 Å². The van der Waals surface area contributed by atoms with Crippen LogP contribution in [0.25, 0.3) is 16.5 Å². The zero-order chi connectivity index (χ0) is 17.9. The van der Waals surface area contributed by atoms with Gasteiger partial charge in [-0.15, -0.1) is 0 Å².